The highest BCUT2D eigenvalue weighted by Crippen LogP contribution is 2.30. The molecule has 1 aliphatic heterocycles. The SMILES string of the molecule is Cc1ccnc(N2CCC(F)(CNC(=O)C3CC3)CC2)n1. The van der Waals surface area contributed by atoms with E-state index in [2.05, 4.69) is 15.3 Å². The van der Waals surface area contributed by atoms with Gasteiger partial charge < -0.3 is 10.2 Å². The molecule has 1 N–H and O–H groups in total. The summed E-state index contributed by atoms with van der Waals surface area (Å²) < 4.78 is 14.7. The summed E-state index contributed by atoms with van der Waals surface area (Å²) in [7, 11) is 0. The van der Waals surface area contributed by atoms with Crippen LogP contribution < -0.4 is 10.2 Å². The normalized spacial score (nSPS) is 21.1. The summed E-state index contributed by atoms with van der Waals surface area (Å²) in [5.41, 5.74) is -0.390. The molecule has 3 rings (SSSR count). The third kappa shape index (κ3) is 3.49. The number of carbonyl (C=O) groups is 1. The Kier molecular flexibility index (Phi) is 3.78. The lowest BCUT2D eigenvalue weighted by atomic mass is 9.93. The highest BCUT2D eigenvalue weighted by atomic mass is 19.1. The number of nitrogens with one attached hydrogen (secondary N) is 1. The molecule has 2 aliphatic rings. The molecular formula is C15H21FN4O. The molecule has 1 aromatic rings. The van der Waals surface area contributed by atoms with E-state index in [-0.39, 0.29) is 18.4 Å². The molecule has 2 heterocycles. The molecule has 6 heteroatoms. The Morgan fingerprint density at radius 3 is 2.81 bits per heavy atom. The van der Waals surface area contributed by atoms with Gasteiger partial charge in [-0.1, -0.05) is 0 Å². The van der Waals surface area contributed by atoms with Crippen LogP contribution >= 0.6 is 0 Å². The third-order valence-corrected chi connectivity index (χ3v) is 4.25. The van der Waals surface area contributed by atoms with Gasteiger partial charge in [0.05, 0.1) is 6.54 Å². The Morgan fingerprint density at radius 1 is 1.48 bits per heavy atom. The molecule has 0 aromatic carbocycles. The van der Waals surface area contributed by atoms with E-state index in [0.29, 0.717) is 31.9 Å². The number of carbonyl (C=O) groups excluding carboxylic acids is 1. The van der Waals surface area contributed by atoms with Crippen LogP contribution in [0.2, 0.25) is 0 Å². The number of amides is 1. The van der Waals surface area contributed by atoms with Crippen molar-refractivity contribution in [1.82, 2.24) is 15.3 Å². The van der Waals surface area contributed by atoms with E-state index in [0.717, 1.165) is 18.5 Å². The smallest absolute Gasteiger partial charge is 0.225 e. The standard InChI is InChI=1S/C15H21FN4O/c1-11-4-7-17-14(19-11)20-8-5-15(16,6-9-20)10-18-13(21)12-2-3-12/h4,7,12H,2-3,5-6,8-10H2,1H3,(H,18,21). The van der Waals surface area contributed by atoms with Gasteiger partial charge in [-0.2, -0.15) is 0 Å². The lowest BCUT2D eigenvalue weighted by molar-refractivity contribution is -0.123. The molecular weight excluding hydrogens is 271 g/mol. The Balaban J connectivity index is 1.52. The molecule has 1 aromatic heterocycles. The van der Waals surface area contributed by atoms with Crippen LogP contribution in [0.25, 0.3) is 0 Å². The minimum Gasteiger partial charge on any atom is -0.353 e. The van der Waals surface area contributed by atoms with Gasteiger partial charge in [0.1, 0.15) is 5.67 Å². The maximum atomic E-state index is 14.7. The second-order valence-electron chi connectivity index (χ2n) is 6.13. The Morgan fingerprint density at radius 2 is 2.19 bits per heavy atom. The van der Waals surface area contributed by atoms with Gasteiger partial charge in [0, 0.05) is 43.7 Å². The predicted molar refractivity (Wildman–Crippen MR) is 77.8 cm³/mol. The van der Waals surface area contributed by atoms with Gasteiger partial charge in [-0.3, -0.25) is 4.79 Å². The highest BCUT2D eigenvalue weighted by Gasteiger charge is 2.37. The molecule has 0 spiro atoms. The first kappa shape index (κ1) is 14.2. The number of rotatable bonds is 4. The molecule has 1 saturated heterocycles. The van der Waals surface area contributed by atoms with Gasteiger partial charge in [0.25, 0.3) is 0 Å². The fourth-order valence-electron chi connectivity index (χ4n) is 2.61. The van der Waals surface area contributed by atoms with Crippen LogP contribution in [0.1, 0.15) is 31.4 Å². The number of nitrogens with zero attached hydrogens (tertiary/aromatic N) is 3. The van der Waals surface area contributed by atoms with Crippen molar-refractivity contribution in [2.45, 2.75) is 38.3 Å². The molecule has 1 aliphatic carbocycles. The van der Waals surface area contributed by atoms with Gasteiger partial charge in [-0.15, -0.1) is 0 Å². The van der Waals surface area contributed by atoms with Gasteiger partial charge in [-0.25, -0.2) is 14.4 Å². The van der Waals surface area contributed by atoms with Crippen molar-refractivity contribution in [2.75, 3.05) is 24.5 Å². The van der Waals surface area contributed by atoms with Crippen LogP contribution in [0.4, 0.5) is 10.3 Å². The van der Waals surface area contributed by atoms with Crippen LogP contribution in [0.5, 0.6) is 0 Å². The Hall–Kier alpha value is -1.72. The summed E-state index contributed by atoms with van der Waals surface area (Å²) in [6, 6.07) is 1.85. The number of piperidine rings is 1. The molecule has 0 radical (unpaired) electrons. The van der Waals surface area contributed by atoms with Crippen molar-refractivity contribution in [3.63, 3.8) is 0 Å². The average Bonchev–Trinajstić information content (AvgIpc) is 3.30. The molecule has 0 atom stereocenters. The van der Waals surface area contributed by atoms with E-state index < -0.39 is 5.67 Å². The summed E-state index contributed by atoms with van der Waals surface area (Å²) in [6.07, 6.45) is 4.42. The third-order valence-electron chi connectivity index (χ3n) is 4.25. The number of aryl methyl sites for hydroxylation is 1. The highest BCUT2D eigenvalue weighted by molar-refractivity contribution is 5.80. The predicted octanol–water partition coefficient (Wildman–Crippen LogP) is 1.62. The number of hydrogen-bond donors (Lipinski definition) is 1. The van der Waals surface area contributed by atoms with Crippen molar-refractivity contribution >= 4 is 11.9 Å². The molecule has 21 heavy (non-hydrogen) atoms. The number of hydrogen-bond acceptors (Lipinski definition) is 4. The zero-order valence-corrected chi connectivity index (χ0v) is 12.3. The molecule has 114 valence electrons. The molecule has 0 unspecified atom stereocenters. The number of halogens is 1. The van der Waals surface area contributed by atoms with Crippen molar-refractivity contribution in [2.24, 2.45) is 5.92 Å². The first-order valence-corrected chi connectivity index (χ1v) is 7.57. The molecule has 1 amide bonds. The summed E-state index contributed by atoms with van der Waals surface area (Å²) in [5, 5.41) is 2.75. The summed E-state index contributed by atoms with van der Waals surface area (Å²) in [5.74, 6) is 0.810. The largest absolute Gasteiger partial charge is 0.353 e. The first-order valence-electron chi connectivity index (χ1n) is 7.57. The number of aromatic nitrogens is 2. The van der Waals surface area contributed by atoms with Crippen LogP contribution in [-0.2, 0) is 4.79 Å². The summed E-state index contributed by atoms with van der Waals surface area (Å²) >= 11 is 0. The van der Waals surface area contributed by atoms with Crippen molar-refractivity contribution < 1.29 is 9.18 Å². The maximum absolute atomic E-state index is 14.7. The monoisotopic (exact) mass is 292 g/mol. The Bertz CT molecular complexity index is 524. The lowest BCUT2D eigenvalue weighted by Crippen LogP contribution is -2.49. The van der Waals surface area contributed by atoms with Crippen LogP contribution in [0.3, 0.4) is 0 Å². The van der Waals surface area contributed by atoms with Crippen LogP contribution in [-0.4, -0.2) is 41.2 Å². The number of alkyl halides is 1. The fourth-order valence-corrected chi connectivity index (χ4v) is 2.61. The van der Waals surface area contributed by atoms with Crippen LogP contribution in [0, 0.1) is 12.8 Å². The van der Waals surface area contributed by atoms with Gasteiger partial charge in [0.15, 0.2) is 0 Å². The van der Waals surface area contributed by atoms with E-state index in [1.54, 1.807) is 6.20 Å². The van der Waals surface area contributed by atoms with Crippen molar-refractivity contribution in [3.05, 3.63) is 18.0 Å². The molecule has 2 fully saturated rings. The summed E-state index contributed by atoms with van der Waals surface area (Å²) in [6.45, 7) is 3.21. The van der Waals surface area contributed by atoms with Gasteiger partial charge >= 0.3 is 0 Å². The van der Waals surface area contributed by atoms with E-state index in [1.165, 1.54) is 0 Å². The summed E-state index contributed by atoms with van der Waals surface area (Å²) in [4.78, 5) is 22.2. The first-order chi connectivity index (χ1) is 10.1. The quantitative estimate of drug-likeness (QED) is 0.916. The van der Waals surface area contributed by atoms with Crippen molar-refractivity contribution in [1.29, 1.82) is 0 Å². The molecule has 1 saturated carbocycles. The second kappa shape index (κ2) is 5.58. The van der Waals surface area contributed by atoms with Gasteiger partial charge in [0.2, 0.25) is 11.9 Å². The minimum absolute atomic E-state index is 0.0106. The van der Waals surface area contributed by atoms with Crippen LogP contribution in [0.15, 0.2) is 12.3 Å². The number of anilines is 1. The van der Waals surface area contributed by atoms with Crippen molar-refractivity contribution in [3.8, 4) is 0 Å². The lowest BCUT2D eigenvalue weighted by Gasteiger charge is -2.36. The van der Waals surface area contributed by atoms with E-state index in [1.807, 2.05) is 17.9 Å². The maximum Gasteiger partial charge on any atom is 0.225 e. The minimum atomic E-state index is -1.30. The zero-order chi connectivity index (χ0) is 14.9. The topological polar surface area (TPSA) is 58.1 Å². The Labute approximate surface area is 124 Å². The zero-order valence-electron chi connectivity index (χ0n) is 12.3. The fraction of sp³-hybridized carbons (Fsp3) is 0.667. The van der Waals surface area contributed by atoms with E-state index in [4.69, 9.17) is 0 Å². The van der Waals surface area contributed by atoms with E-state index >= 15 is 0 Å². The molecule has 5 nitrogen and oxygen atoms in total. The second-order valence-corrected chi connectivity index (χ2v) is 6.13. The van der Waals surface area contributed by atoms with Gasteiger partial charge in [-0.05, 0) is 25.8 Å². The molecule has 0 bridgehead atoms. The van der Waals surface area contributed by atoms with E-state index in [9.17, 15) is 9.18 Å². The average molecular weight is 292 g/mol.